The fourth-order valence-corrected chi connectivity index (χ4v) is 2.99. The highest BCUT2D eigenvalue weighted by Crippen LogP contribution is 2.18. The Kier molecular flexibility index (Phi) is 4.18. The maximum absolute atomic E-state index is 12.1. The number of nitrogens with one attached hydrogen (secondary N) is 1. The summed E-state index contributed by atoms with van der Waals surface area (Å²) in [6, 6.07) is 7.95. The molecular weight excluding hydrogens is 332 g/mol. The van der Waals surface area contributed by atoms with E-state index in [1.165, 1.54) is 18.5 Å². The van der Waals surface area contributed by atoms with Gasteiger partial charge in [-0.3, -0.25) is 9.71 Å². The predicted octanol–water partition coefficient (Wildman–Crippen LogP) is 2.14. The normalized spacial score (nSPS) is 11.3. The molecule has 0 saturated carbocycles. The van der Waals surface area contributed by atoms with Gasteiger partial charge in [0.25, 0.3) is 10.0 Å². The van der Waals surface area contributed by atoms with E-state index < -0.39 is 10.0 Å². The van der Waals surface area contributed by atoms with E-state index >= 15 is 0 Å². The maximum Gasteiger partial charge on any atom is 0.263 e. The second kappa shape index (κ2) is 5.68. The lowest BCUT2D eigenvalue weighted by Gasteiger charge is -2.08. The van der Waals surface area contributed by atoms with E-state index in [4.69, 9.17) is 5.11 Å². The molecule has 0 aliphatic rings. The molecular formula is C12H11BrN2O3S. The van der Waals surface area contributed by atoms with Gasteiger partial charge in [-0.2, -0.15) is 0 Å². The molecule has 100 valence electrons. The van der Waals surface area contributed by atoms with Crippen LogP contribution >= 0.6 is 15.9 Å². The Morgan fingerprint density at radius 2 is 1.89 bits per heavy atom. The quantitative estimate of drug-likeness (QED) is 0.891. The van der Waals surface area contributed by atoms with Gasteiger partial charge in [-0.25, -0.2) is 8.42 Å². The van der Waals surface area contributed by atoms with Crippen molar-refractivity contribution >= 4 is 31.6 Å². The van der Waals surface area contributed by atoms with Crippen molar-refractivity contribution in [2.24, 2.45) is 0 Å². The second-order valence-electron chi connectivity index (χ2n) is 3.80. The molecule has 1 heterocycles. The molecule has 0 bridgehead atoms. The van der Waals surface area contributed by atoms with Gasteiger partial charge in [0.1, 0.15) is 4.90 Å². The molecule has 2 aromatic rings. The van der Waals surface area contributed by atoms with Crippen LogP contribution in [0.5, 0.6) is 0 Å². The van der Waals surface area contributed by atoms with Gasteiger partial charge >= 0.3 is 0 Å². The Bertz CT molecular complexity index is 672. The Balaban J connectivity index is 2.25. The van der Waals surface area contributed by atoms with Gasteiger partial charge in [0.2, 0.25) is 0 Å². The number of aliphatic hydroxyl groups excluding tert-OH is 1. The van der Waals surface area contributed by atoms with Crippen LogP contribution in [0.25, 0.3) is 0 Å². The van der Waals surface area contributed by atoms with E-state index in [1.807, 2.05) is 0 Å². The summed E-state index contributed by atoms with van der Waals surface area (Å²) in [5.74, 6) is 0. The molecule has 7 heteroatoms. The zero-order chi connectivity index (χ0) is 13.9. The molecule has 0 aliphatic heterocycles. The molecule has 5 nitrogen and oxygen atoms in total. The highest BCUT2D eigenvalue weighted by Gasteiger charge is 2.14. The first-order valence-electron chi connectivity index (χ1n) is 5.34. The Hall–Kier alpha value is -1.44. The largest absolute Gasteiger partial charge is 0.392 e. The minimum Gasteiger partial charge on any atom is -0.392 e. The van der Waals surface area contributed by atoms with Crippen molar-refractivity contribution < 1.29 is 13.5 Å². The van der Waals surface area contributed by atoms with E-state index in [9.17, 15) is 8.42 Å². The van der Waals surface area contributed by atoms with Crippen molar-refractivity contribution in [3.63, 3.8) is 0 Å². The number of pyridine rings is 1. The summed E-state index contributed by atoms with van der Waals surface area (Å²) in [7, 11) is -3.66. The van der Waals surface area contributed by atoms with E-state index in [0.29, 0.717) is 15.7 Å². The van der Waals surface area contributed by atoms with Gasteiger partial charge in [0.15, 0.2) is 0 Å². The van der Waals surface area contributed by atoms with Gasteiger partial charge < -0.3 is 5.11 Å². The van der Waals surface area contributed by atoms with Gasteiger partial charge in [-0.15, -0.1) is 0 Å². The predicted molar refractivity (Wildman–Crippen MR) is 75.1 cm³/mol. The SMILES string of the molecule is O=S(=O)(Nc1ccc(CO)cc1)c1cncc(Br)c1. The number of aromatic nitrogens is 1. The van der Waals surface area contributed by atoms with Crippen molar-refractivity contribution in [3.8, 4) is 0 Å². The van der Waals surface area contributed by atoms with Crippen LogP contribution in [0.15, 0.2) is 52.1 Å². The molecule has 0 unspecified atom stereocenters. The summed E-state index contributed by atoms with van der Waals surface area (Å²) >= 11 is 3.18. The van der Waals surface area contributed by atoms with Crippen LogP contribution in [0.2, 0.25) is 0 Å². The highest BCUT2D eigenvalue weighted by atomic mass is 79.9. The third-order valence-corrected chi connectivity index (χ3v) is 4.16. The fraction of sp³-hybridized carbons (Fsp3) is 0.0833. The molecule has 2 rings (SSSR count). The van der Waals surface area contributed by atoms with E-state index in [2.05, 4.69) is 25.6 Å². The van der Waals surface area contributed by atoms with Crippen LogP contribution in [-0.4, -0.2) is 18.5 Å². The molecule has 0 aliphatic carbocycles. The van der Waals surface area contributed by atoms with Crippen molar-refractivity contribution in [2.75, 3.05) is 4.72 Å². The number of sulfonamides is 1. The molecule has 0 atom stereocenters. The first-order chi connectivity index (χ1) is 9.01. The van der Waals surface area contributed by atoms with Crippen molar-refractivity contribution in [2.45, 2.75) is 11.5 Å². The third-order valence-electron chi connectivity index (χ3n) is 2.38. The number of hydrogen-bond acceptors (Lipinski definition) is 4. The number of rotatable bonds is 4. The molecule has 0 amide bonds. The smallest absolute Gasteiger partial charge is 0.263 e. The number of nitrogens with zero attached hydrogens (tertiary/aromatic N) is 1. The Morgan fingerprint density at radius 3 is 2.47 bits per heavy atom. The second-order valence-corrected chi connectivity index (χ2v) is 6.40. The minimum absolute atomic E-state index is 0.0770. The molecule has 0 spiro atoms. The standard InChI is InChI=1S/C12H11BrN2O3S/c13-10-5-12(7-14-6-10)19(17,18)15-11-3-1-9(8-16)2-4-11/h1-7,15-16H,8H2. The molecule has 0 saturated heterocycles. The Labute approximate surface area is 119 Å². The fourth-order valence-electron chi connectivity index (χ4n) is 1.43. The van der Waals surface area contributed by atoms with Gasteiger partial charge in [0.05, 0.1) is 6.61 Å². The van der Waals surface area contributed by atoms with E-state index in [1.54, 1.807) is 24.3 Å². The molecule has 1 aromatic carbocycles. The van der Waals surface area contributed by atoms with Gasteiger partial charge in [-0.1, -0.05) is 12.1 Å². The van der Waals surface area contributed by atoms with Crippen LogP contribution in [-0.2, 0) is 16.6 Å². The first-order valence-corrected chi connectivity index (χ1v) is 7.62. The van der Waals surface area contributed by atoms with Gasteiger partial charge in [0, 0.05) is 22.6 Å². The molecule has 1 aromatic heterocycles. The Morgan fingerprint density at radius 1 is 1.21 bits per heavy atom. The summed E-state index contributed by atoms with van der Waals surface area (Å²) in [4.78, 5) is 3.90. The van der Waals surface area contributed by atoms with Crippen molar-refractivity contribution in [1.82, 2.24) is 4.98 Å². The number of anilines is 1. The molecule has 19 heavy (non-hydrogen) atoms. The molecule has 0 radical (unpaired) electrons. The van der Waals surface area contributed by atoms with Gasteiger partial charge in [-0.05, 0) is 39.7 Å². The minimum atomic E-state index is -3.66. The summed E-state index contributed by atoms with van der Waals surface area (Å²) in [5, 5.41) is 8.92. The summed E-state index contributed by atoms with van der Waals surface area (Å²) in [6.07, 6.45) is 2.78. The van der Waals surface area contributed by atoms with Crippen molar-refractivity contribution in [3.05, 3.63) is 52.8 Å². The zero-order valence-corrected chi connectivity index (χ0v) is 12.1. The lowest BCUT2D eigenvalue weighted by molar-refractivity contribution is 0.282. The monoisotopic (exact) mass is 342 g/mol. The number of aliphatic hydroxyl groups is 1. The maximum atomic E-state index is 12.1. The topological polar surface area (TPSA) is 79.3 Å². The molecule has 2 N–H and O–H groups in total. The first kappa shape index (κ1) is 14.0. The van der Waals surface area contributed by atoms with Crippen LogP contribution in [0.1, 0.15) is 5.56 Å². The van der Waals surface area contributed by atoms with E-state index in [-0.39, 0.29) is 11.5 Å². The third kappa shape index (κ3) is 3.52. The van der Waals surface area contributed by atoms with Crippen LogP contribution in [0.3, 0.4) is 0 Å². The number of hydrogen-bond donors (Lipinski definition) is 2. The lowest BCUT2D eigenvalue weighted by atomic mass is 10.2. The number of halogens is 1. The molecule has 0 fully saturated rings. The lowest BCUT2D eigenvalue weighted by Crippen LogP contribution is -2.13. The highest BCUT2D eigenvalue weighted by molar-refractivity contribution is 9.10. The van der Waals surface area contributed by atoms with Crippen LogP contribution in [0, 0.1) is 0 Å². The van der Waals surface area contributed by atoms with Crippen molar-refractivity contribution in [1.29, 1.82) is 0 Å². The summed E-state index contributed by atoms with van der Waals surface area (Å²) < 4.78 is 27.2. The van der Waals surface area contributed by atoms with Crippen LogP contribution in [0.4, 0.5) is 5.69 Å². The average Bonchev–Trinajstić information content (AvgIpc) is 2.39. The average molecular weight is 343 g/mol. The zero-order valence-electron chi connectivity index (χ0n) is 9.75. The summed E-state index contributed by atoms with van der Waals surface area (Å²) in [6.45, 7) is -0.0808. The summed E-state index contributed by atoms with van der Waals surface area (Å²) in [5.41, 5.74) is 1.14. The van der Waals surface area contributed by atoms with Crippen LogP contribution < -0.4 is 4.72 Å². The van der Waals surface area contributed by atoms with E-state index in [0.717, 1.165) is 0 Å². The number of benzene rings is 1.